The Morgan fingerprint density at radius 2 is 2.00 bits per heavy atom. The minimum Gasteiger partial charge on any atom is -0.445 e. The monoisotopic (exact) mass is 435 g/mol. The summed E-state index contributed by atoms with van der Waals surface area (Å²) in [6, 6.07) is 7.83. The van der Waals surface area contributed by atoms with E-state index in [9.17, 15) is 22.8 Å². The zero-order chi connectivity index (χ0) is 22.6. The second-order valence-corrected chi connectivity index (χ2v) is 6.37. The predicted molar refractivity (Wildman–Crippen MR) is 99.3 cm³/mol. The number of amides is 2. The second kappa shape index (κ2) is 8.81. The summed E-state index contributed by atoms with van der Waals surface area (Å²) < 4.78 is 47.1. The number of ether oxygens (including phenoxy) is 1. The molecule has 2 aromatic heterocycles. The Balaban J connectivity index is 1.59. The molecule has 3 rings (SSSR count). The van der Waals surface area contributed by atoms with Crippen LogP contribution in [0.15, 0.2) is 41.1 Å². The van der Waals surface area contributed by atoms with E-state index >= 15 is 0 Å². The van der Waals surface area contributed by atoms with Crippen LogP contribution in [-0.4, -0.2) is 27.1 Å². The van der Waals surface area contributed by atoms with Gasteiger partial charge in [-0.05, 0) is 30.2 Å². The standard InChI is InChI=1S/C19H16F3N5O4/c1-10-7-11(16-26-17(31-27-16)19(20,21)22)4-5-12(10)8-25-18(29)30-9-13-3-2-6-24-14(13)15(23)28/h2-7H,8-9H2,1H3,(H2,23,28)(H,25,29). The average Bonchev–Trinajstić information content (AvgIpc) is 3.22. The van der Waals surface area contributed by atoms with Crippen molar-refractivity contribution < 1.29 is 32.0 Å². The molecule has 0 aliphatic carbocycles. The number of alkyl halides is 3. The normalized spacial score (nSPS) is 11.2. The van der Waals surface area contributed by atoms with Gasteiger partial charge in [0.05, 0.1) is 0 Å². The Hall–Kier alpha value is -3.96. The smallest absolute Gasteiger partial charge is 0.445 e. The van der Waals surface area contributed by atoms with Crippen LogP contribution in [0, 0.1) is 6.92 Å². The number of nitrogens with one attached hydrogen (secondary N) is 1. The minimum absolute atomic E-state index is 0.0110. The van der Waals surface area contributed by atoms with E-state index in [1.165, 1.54) is 12.3 Å². The fourth-order valence-corrected chi connectivity index (χ4v) is 2.63. The van der Waals surface area contributed by atoms with Crippen LogP contribution in [0.2, 0.25) is 0 Å². The van der Waals surface area contributed by atoms with Crippen molar-refractivity contribution in [1.29, 1.82) is 0 Å². The Morgan fingerprint density at radius 3 is 2.65 bits per heavy atom. The van der Waals surface area contributed by atoms with Gasteiger partial charge in [0.15, 0.2) is 0 Å². The van der Waals surface area contributed by atoms with Gasteiger partial charge in [-0.15, -0.1) is 0 Å². The summed E-state index contributed by atoms with van der Waals surface area (Å²) >= 11 is 0. The number of benzene rings is 1. The van der Waals surface area contributed by atoms with Crippen molar-refractivity contribution in [3.05, 3.63) is 64.8 Å². The lowest BCUT2D eigenvalue weighted by atomic mass is 10.0. The summed E-state index contributed by atoms with van der Waals surface area (Å²) in [5.41, 5.74) is 7.30. The summed E-state index contributed by atoms with van der Waals surface area (Å²) in [4.78, 5) is 30.5. The summed E-state index contributed by atoms with van der Waals surface area (Å²) in [6.45, 7) is 1.61. The molecule has 3 aromatic rings. The van der Waals surface area contributed by atoms with Crippen LogP contribution in [0.25, 0.3) is 11.4 Å². The SMILES string of the molecule is Cc1cc(-c2noc(C(F)(F)F)n2)ccc1CNC(=O)OCc1cccnc1C(N)=O. The molecule has 0 atom stereocenters. The number of primary amides is 1. The van der Waals surface area contributed by atoms with Crippen LogP contribution in [0.4, 0.5) is 18.0 Å². The number of nitrogens with zero attached hydrogens (tertiary/aromatic N) is 3. The number of aryl methyl sites for hydroxylation is 1. The van der Waals surface area contributed by atoms with Crippen molar-refractivity contribution in [2.24, 2.45) is 5.73 Å². The minimum atomic E-state index is -4.72. The topological polar surface area (TPSA) is 133 Å². The molecule has 0 saturated carbocycles. The van der Waals surface area contributed by atoms with Crippen molar-refractivity contribution in [3.63, 3.8) is 0 Å². The third-order valence-corrected chi connectivity index (χ3v) is 4.18. The molecule has 0 aliphatic rings. The van der Waals surface area contributed by atoms with Crippen LogP contribution in [0.5, 0.6) is 0 Å². The summed E-state index contributed by atoms with van der Waals surface area (Å²) in [5, 5.41) is 5.88. The van der Waals surface area contributed by atoms with Gasteiger partial charge in [0.25, 0.3) is 5.91 Å². The Morgan fingerprint density at radius 1 is 1.23 bits per heavy atom. The van der Waals surface area contributed by atoms with Gasteiger partial charge >= 0.3 is 18.2 Å². The molecule has 0 spiro atoms. The van der Waals surface area contributed by atoms with Gasteiger partial charge in [0, 0.05) is 23.9 Å². The molecule has 31 heavy (non-hydrogen) atoms. The first kappa shape index (κ1) is 21.7. The molecule has 0 unspecified atom stereocenters. The highest BCUT2D eigenvalue weighted by Gasteiger charge is 2.38. The zero-order valence-electron chi connectivity index (χ0n) is 16.1. The molecular formula is C19H16F3N5O4. The highest BCUT2D eigenvalue weighted by atomic mass is 19.4. The van der Waals surface area contributed by atoms with Crippen molar-refractivity contribution in [2.75, 3.05) is 0 Å². The highest BCUT2D eigenvalue weighted by Crippen LogP contribution is 2.29. The summed E-state index contributed by atoms with van der Waals surface area (Å²) in [6.07, 6.45) is -4.07. The van der Waals surface area contributed by atoms with Gasteiger partial charge in [-0.3, -0.25) is 9.78 Å². The van der Waals surface area contributed by atoms with E-state index in [1.807, 2.05) is 0 Å². The van der Waals surface area contributed by atoms with Crippen LogP contribution in [0.3, 0.4) is 0 Å². The maximum Gasteiger partial charge on any atom is 0.471 e. The third kappa shape index (κ3) is 5.35. The van der Waals surface area contributed by atoms with E-state index in [4.69, 9.17) is 10.5 Å². The number of halogens is 3. The highest BCUT2D eigenvalue weighted by molar-refractivity contribution is 5.92. The first-order valence-corrected chi connectivity index (χ1v) is 8.80. The summed E-state index contributed by atoms with van der Waals surface area (Å²) in [5.74, 6) is -2.36. The lowest BCUT2D eigenvalue weighted by molar-refractivity contribution is -0.159. The molecule has 0 saturated heterocycles. The molecule has 162 valence electrons. The maximum absolute atomic E-state index is 12.6. The molecule has 0 aliphatic heterocycles. The van der Waals surface area contributed by atoms with Crippen LogP contribution < -0.4 is 11.1 Å². The first-order chi connectivity index (χ1) is 14.6. The summed E-state index contributed by atoms with van der Waals surface area (Å²) in [7, 11) is 0. The molecule has 12 heteroatoms. The first-order valence-electron chi connectivity index (χ1n) is 8.80. The molecule has 0 radical (unpaired) electrons. The van der Waals surface area contributed by atoms with E-state index in [-0.39, 0.29) is 24.7 Å². The quantitative estimate of drug-likeness (QED) is 0.608. The van der Waals surface area contributed by atoms with Gasteiger partial charge in [-0.1, -0.05) is 23.4 Å². The maximum atomic E-state index is 12.6. The third-order valence-electron chi connectivity index (χ3n) is 4.18. The lowest BCUT2D eigenvalue weighted by Crippen LogP contribution is -2.25. The largest absolute Gasteiger partial charge is 0.471 e. The number of carbonyl (C=O) groups excluding carboxylic acids is 2. The number of alkyl carbamates (subject to hydrolysis) is 1. The number of pyridine rings is 1. The van der Waals surface area contributed by atoms with Gasteiger partial charge in [-0.25, -0.2) is 4.79 Å². The number of rotatable bonds is 6. The van der Waals surface area contributed by atoms with Gasteiger partial charge in [0.2, 0.25) is 5.82 Å². The van der Waals surface area contributed by atoms with E-state index in [0.29, 0.717) is 22.3 Å². The Labute approximate surface area is 173 Å². The molecule has 2 amide bonds. The van der Waals surface area contributed by atoms with Crippen LogP contribution in [0.1, 0.15) is 33.1 Å². The molecular weight excluding hydrogens is 419 g/mol. The van der Waals surface area contributed by atoms with Crippen molar-refractivity contribution in [2.45, 2.75) is 26.3 Å². The fraction of sp³-hybridized carbons (Fsp3) is 0.211. The number of hydrogen-bond donors (Lipinski definition) is 2. The second-order valence-electron chi connectivity index (χ2n) is 6.37. The molecule has 3 N–H and O–H groups in total. The fourth-order valence-electron chi connectivity index (χ4n) is 2.63. The lowest BCUT2D eigenvalue weighted by Gasteiger charge is -2.10. The Bertz CT molecular complexity index is 1110. The van der Waals surface area contributed by atoms with Crippen molar-refractivity contribution in [1.82, 2.24) is 20.4 Å². The number of aromatic nitrogens is 3. The van der Waals surface area contributed by atoms with E-state index in [1.54, 1.807) is 31.2 Å². The van der Waals surface area contributed by atoms with Crippen LogP contribution >= 0.6 is 0 Å². The van der Waals surface area contributed by atoms with E-state index < -0.39 is 24.1 Å². The predicted octanol–water partition coefficient (Wildman–Crippen LogP) is 2.98. The average molecular weight is 435 g/mol. The molecule has 9 nitrogen and oxygen atoms in total. The number of carbonyl (C=O) groups is 2. The van der Waals surface area contributed by atoms with E-state index in [0.717, 1.165) is 0 Å². The molecule has 2 heterocycles. The molecule has 0 bridgehead atoms. The number of hydrogen-bond acceptors (Lipinski definition) is 7. The van der Waals surface area contributed by atoms with E-state index in [2.05, 4.69) is 25.0 Å². The van der Waals surface area contributed by atoms with Gasteiger partial charge in [-0.2, -0.15) is 18.2 Å². The van der Waals surface area contributed by atoms with Crippen molar-refractivity contribution in [3.8, 4) is 11.4 Å². The number of nitrogens with two attached hydrogens (primary N) is 1. The van der Waals surface area contributed by atoms with Gasteiger partial charge in [0.1, 0.15) is 12.3 Å². The molecule has 1 aromatic carbocycles. The Kier molecular flexibility index (Phi) is 6.18. The van der Waals surface area contributed by atoms with Crippen LogP contribution in [-0.2, 0) is 24.1 Å². The van der Waals surface area contributed by atoms with Gasteiger partial charge < -0.3 is 20.3 Å². The molecule has 0 fully saturated rings. The zero-order valence-corrected chi connectivity index (χ0v) is 16.1. The van der Waals surface area contributed by atoms with Crippen molar-refractivity contribution >= 4 is 12.0 Å².